The molecule has 1 saturated heterocycles. The van der Waals surface area contributed by atoms with Crippen LogP contribution >= 0.6 is 0 Å². The van der Waals surface area contributed by atoms with Gasteiger partial charge in [0, 0.05) is 11.3 Å². The molecule has 2 aliphatic carbocycles. The van der Waals surface area contributed by atoms with E-state index in [4.69, 9.17) is 4.74 Å². The van der Waals surface area contributed by atoms with E-state index in [0.29, 0.717) is 17.4 Å². The SMILES string of the molecule is C[C@H]1CC[C@@]2(O1)[C@@H](C)[C@@H](O)C[C@H]1C(C)(C)CCC[C@@]12C. The summed E-state index contributed by atoms with van der Waals surface area (Å²) in [7, 11) is 0. The van der Waals surface area contributed by atoms with Crippen LogP contribution < -0.4 is 0 Å². The van der Waals surface area contributed by atoms with Gasteiger partial charge in [0.05, 0.1) is 17.8 Å². The van der Waals surface area contributed by atoms with Crippen molar-refractivity contribution in [3.05, 3.63) is 0 Å². The first kappa shape index (κ1) is 14.8. The Morgan fingerprint density at radius 1 is 1.05 bits per heavy atom. The molecule has 0 unspecified atom stereocenters. The lowest BCUT2D eigenvalue weighted by Gasteiger charge is -2.64. The Labute approximate surface area is 124 Å². The van der Waals surface area contributed by atoms with Crippen LogP contribution in [0.3, 0.4) is 0 Å². The van der Waals surface area contributed by atoms with Gasteiger partial charge in [-0.15, -0.1) is 0 Å². The van der Waals surface area contributed by atoms with Crippen molar-refractivity contribution >= 4 is 0 Å². The van der Waals surface area contributed by atoms with Gasteiger partial charge in [-0.05, 0) is 50.4 Å². The fraction of sp³-hybridized carbons (Fsp3) is 1.00. The minimum atomic E-state index is -0.198. The van der Waals surface area contributed by atoms with E-state index in [1.54, 1.807) is 0 Å². The number of aliphatic hydroxyl groups excluding tert-OH is 1. The maximum Gasteiger partial charge on any atom is 0.0793 e. The molecule has 3 fully saturated rings. The summed E-state index contributed by atoms with van der Waals surface area (Å²) < 4.78 is 6.58. The van der Waals surface area contributed by atoms with E-state index in [1.165, 1.54) is 19.3 Å². The second-order valence-corrected chi connectivity index (χ2v) is 8.76. The first-order chi connectivity index (χ1) is 9.23. The molecule has 0 radical (unpaired) electrons. The number of rotatable bonds is 0. The average Bonchev–Trinajstić information content (AvgIpc) is 2.75. The molecule has 2 nitrogen and oxygen atoms in total. The maximum atomic E-state index is 10.7. The lowest BCUT2D eigenvalue weighted by atomic mass is 9.44. The minimum Gasteiger partial charge on any atom is -0.393 e. The highest BCUT2D eigenvalue weighted by molar-refractivity contribution is 5.15. The molecule has 0 aromatic rings. The van der Waals surface area contributed by atoms with Crippen LogP contribution in [0, 0.1) is 22.7 Å². The van der Waals surface area contributed by atoms with Crippen LogP contribution in [0.25, 0.3) is 0 Å². The zero-order valence-corrected chi connectivity index (χ0v) is 13.9. The Balaban J connectivity index is 2.06. The number of aliphatic hydroxyl groups is 1. The number of fused-ring (bicyclic) bond motifs is 2. The molecule has 3 aliphatic rings. The summed E-state index contributed by atoms with van der Waals surface area (Å²) in [6, 6.07) is 0. The van der Waals surface area contributed by atoms with Gasteiger partial charge in [0.1, 0.15) is 0 Å². The molecule has 1 aliphatic heterocycles. The third-order valence-electron chi connectivity index (χ3n) is 7.32. The van der Waals surface area contributed by atoms with Gasteiger partial charge in [0.25, 0.3) is 0 Å². The second kappa shape index (κ2) is 4.46. The summed E-state index contributed by atoms with van der Waals surface area (Å²) in [5, 5.41) is 10.7. The Kier molecular flexibility index (Phi) is 3.31. The molecule has 20 heavy (non-hydrogen) atoms. The third kappa shape index (κ3) is 1.76. The number of ether oxygens (including phenoxy) is 1. The Bertz CT molecular complexity index is 391. The van der Waals surface area contributed by atoms with E-state index < -0.39 is 0 Å². The topological polar surface area (TPSA) is 29.5 Å². The monoisotopic (exact) mass is 280 g/mol. The van der Waals surface area contributed by atoms with E-state index in [2.05, 4.69) is 34.6 Å². The maximum absolute atomic E-state index is 10.7. The summed E-state index contributed by atoms with van der Waals surface area (Å²) in [6.07, 6.45) is 7.27. The van der Waals surface area contributed by atoms with Crippen molar-refractivity contribution in [3.63, 3.8) is 0 Å². The molecule has 3 rings (SSSR count). The molecule has 0 aromatic heterocycles. The normalized spacial score (nSPS) is 54.9. The van der Waals surface area contributed by atoms with E-state index in [-0.39, 0.29) is 23.0 Å². The Hall–Kier alpha value is -0.0800. The molecule has 2 heteroatoms. The van der Waals surface area contributed by atoms with Crippen LogP contribution in [0.5, 0.6) is 0 Å². The largest absolute Gasteiger partial charge is 0.393 e. The zero-order valence-electron chi connectivity index (χ0n) is 13.9. The predicted octanol–water partition coefficient (Wildman–Crippen LogP) is 4.16. The molecule has 0 aromatic carbocycles. The molecule has 6 atom stereocenters. The van der Waals surface area contributed by atoms with Crippen LogP contribution in [0.4, 0.5) is 0 Å². The van der Waals surface area contributed by atoms with E-state index in [0.717, 1.165) is 19.3 Å². The minimum absolute atomic E-state index is 0.0908. The number of hydrogen-bond acceptors (Lipinski definition) is 2. The first-order valence-corrected chi connectivity index (χ1v) is 8.59. The van der Waals surface area contributed by atoms with Crippen LogP contribution in [-0.2, 0) is 4.74 Å². The zero-order chi connectivity index (χ0) is 14.8. The average molecular weight is 280 g/mol. The lowest BCUT2D eigenvalue weighted by Crippen LogP contribution is -2.65. The summed E-state index contributed by atoms with van der Waals surface area (Å²) in [4.78, 5) is 0. The van der Waals surface area contributed by atoms with Crippen molar-refractivity contribution in [3.8, 4) is 0 Å². The highest BCUT2D eigenvalue weighted by Crippen LogP contribution is 2.66. The smallest absolute Gasteiger partial charge is 0.0793 e. The van der Waals surface area contributed by atoms with E-state index >= 15 is 0 Å². The van der Waals surface area contributed by atoms with Gasteiger partial charge in [-0.25, -0.2) is 0 Å². The van der Waals surface area contributed by atoms with Gasteiger partial charge in [-0.1, -0.05) is 34.1 Å². The fourth-order valence-corrected chi connectivity index (χ4v) is 6.13. The van der Waals surface area contributed by atoms with Crippen molar-refractivity contribution in [2.24, 2.45) is 22.7 Å². The molecular weight excluding hydrogens is 248 g/mol. The molecule has 1 spiro atoms. The van der Waals surface area contributed by atoms with Crippen molar-refractivity contribution in [1.29, 1.82) is 0 Å². The van der Waals surface area contributed by atoms with Crippen molar-refractivity contribution in [1.82, 2.24) is 0 Å². The van der Waals surface area contributed by atoms with Gasteiger partial charge < -0.3 is 9.84 Å². The van der Waals surface area contributed by atoms with Gasteiger partial charge in [-0.3, -0.25) is 0 Å². The van der Waals surface area contributed by atoms with Crippen molar-refractivity contribution in [2.75, 3.05) is 0 Å². The van der Waals surface area contributed by atoms with Gasteiger partial charge >= 0.3 is 0 Å². The van der Waals surface area contributed by atoms with E-state index in [1.807, 2.05) is 0 Å². The fourth-order valence-electron chi connectivity index (χ4n) is 6.13. The Morgan fingerprint density at radius 3 is 2.35 bits per heavy atom. The second-order valence-electron chi connectivity index (χ2n) is 8.76. The lowest BCUT2D eigenvalue weighted by molar-refractivity contribution is -0.250. The van der Waals surface area contributed by atoms with Crippen molar-refractivity contribution in [2.45, 2.75) is 91.0 Å². The van der Waals surface area contributed by atoms with Gasteiger partial charge in [0.15, 0.2) is 0 Å². The quantitative estimate of drug-likeness (QED) is 0.722. The van der Waals surface area contributed by atoms with Gasteiger partial charge in [-0.2, -0.15) is 0 Å². The number of hydrogen-bond donors (Lipinski definition) is 1. The predicted molar refractivity (Wildman–Crippen MR) is 81.5 cm³/mol. The molecular formula is C18H32O2. The molecule has 1 heterocycles. The highest BCUT2D eigenvalue weighted by Gasteiger charge is 2.66. The summed E-state index contributed by atoms with van der Waals surface area (Å²) in [5.41, 5.74) is 0.473. The molecule has 116 valence electrons. The van der Waals surface area contributed by atoms with Crippen molar-refractivity contribution < 1.29 is 9.84 Å². The summed E-state index contributed by atoms with van der Waals surface area (Å²) in [5.74, 6) is 0.850. The first-order valence-electron chi connectivity index (χ1n) is 8.59. The van der Waals surface area contributed by atoms with Crippen LogP contribution in [0.2, 0.25) is 0 Å². The van der Waals surface area contributed by atoms with Crippen LogP contribution in [0.1, 0.15) is 73.1 Å². The van der Waals surface area contributed by atoms with E-state index in [9.17, 15) is 5.11 Å². The van der Waals surface area contributed by atoms with Gasteiger partial charge in [0.2, 0.25) is 0 Å². The molecule has 1 N–H and O–H groups in total. The standard InChI is InChI=1S/C18H32O2/c1-12-7-10-18(20-12)13(2)14(19)11-15-16(3,4)8-6-9-17(15,18)5/h12-15,19H,6-11H2,1-5H3/t12-,13-,14-,15-,17-,18+/m0/s1. The summed E-state index contributed by atoms with van der Waals surface area (Å²) in [6.45, 7) is 11.7. The third-order valence-corrected chi connectivity index (χ3v) is 7.32. The molecule has 0 amide bonds. The Morgan fingerprint density at radius 2 is 1.75 bits per heavy atom. The summed E-state index contributed by atoms with van der Waals surface area (Å²) >= 11 is 0. The van der Waals surface area contributed by atoms with Crippen LogP contribution in [0.15, 0.2) is 0 Å². The highest BCUT2D eigenvalue weighted by atomic mass is 16.5. The molecule has 2 saturated carbocycles. The molecule has 0 bridgehead atoms. The van der Waals surface area contributed by atoms with Crippen LogP contribution in [-0.4, -0.2) is 22.9 Å².